The Balaban J connectivity index is 1.66. The number of amides is 1. The lowest BCUT2D eigenvalue weighted by Gasteiger charge is -2.16. The van der Waals surface area contributed by atoms with Gasteiger partial charge in [0.15, 0.2) is 6.10 Å². The minimum atomic E-state index is -0.640. The van der Waals surface area contributed by atoms with Gasteiger partial charge in [-0.3, -0.25) is 10.1 Å². The molecule has 0 spiro atoms. The molecule has 0 aliphatic carbocycles. The normalized spacial score (nSPS) is 11.8. The molecule has 1 amide bonds. The van der Waals surface area contributed by atoms with Crippen LogP contribution in [0, 0.1) is 0 Å². The molecular weight excluding hydrogens is 393 g/mol. The Hall–Kier alpha value is -2.15. The van der Waals surface area contributed by atoms with Crippen LogP contribution in [0.3, 0.4) is 0 Å². The summed E-state index contributed by atoms with van der Waals surface area (Å²) in [4.78, 5) is 12.5. The molecule has 1 atom stereocenters. The summed E-state index contributed by atoms with van der Waals surface area (Å²) >= 11 is 13.0. The Bertz CT molecular complexity index is 882. The zero-order valence-corrected chi connectivity index (χ0v) is 16.1. The molecule has 0 unspecified atom stereocenters. The van der Waals surface area contributed by atoms with Crippen LogP contribution in [-0.2, 0) is 4.79 Å². The Morgan fingerprint density at radius 2 is 1.69 bits per heavy atom. The monoisotopic (exact) mass is 407 g/mol. The molecule has 0 bridgehead atoms. The summed E-state index contributed by atoms with van der Waals surface area (Å²) in [5, 5.41) is 13.3. The summed E-state index contributed by atoms with van der Waals surface area (Å²) in [5.74, 6) is 0.303. The van der Waals surface area contributed by atoms with Crippen LogP contribution in [0.25, 0.3) is 10.6 Å². The van der Waals surface area contributed by atoms with Crippen molar-refractivity contribution in [2.24, 2.45) is 0 Å². The summed E-state index contributed by atoms with van der Waals surface area (Å²) in [6.45, 7) is 1.87. The number of hydrogen-bond acceptors (Lipinski definition) is 5. The van der Waals surface area contributed by atoms with E-state index in [4.69, 9.17) is 27.9 Å². The molecular formula is C18H15Cl2N3O2S. The predicted molar refractivity (Wildman–Crippen MR) is 105 cm³/mol. The average molecular weight is 408 g/mol. The van der Waals surface area contributed by atoms with Crippen LogP contribution in [0.5, 0.6) is 5.75 Å². The second kappa shape index (κ2) is 8.49. The van der Waals surface area contributed by atoms with E-state index in [0.29, 0.717) is 32.4 Å². The predicted octanol–water partition coefficient (Wildman–Crippen LogP) is 5.31. The maximum atomic E-state index is 12.5. The number of ether oxygens (including phenoxy) is 1. The van der Waals surface area contributed by atoms with Gasteiger partial charge >= 0.3 is 0 Å². The summed E-state index contributed by atoms with van der Waals surface area (Å²) in [7, 11) is 0. The highest BCUT2D eigenvalue weighted by Gasteiger charge is 2.20. The molecule has 1 aromatic heterocycles. The highest BCUT2D eigenvalue weighted by atomic mass is 35.5. The van der Waals surface area contributed by atoms with Crippen molar-refractivity contribution in [3.8, 4) is 16.3 Å². The third-order valence-corrected chi connectivity index (χ3v) is 4.89. The molecule has 8 heteroatoms. The number of aromatic nitrogens is 2. The van der Waals surface area contributed by atoms with E-state index in [2.05, 4.69) is 15.5 Å². The first-order valence-corrected chi connectivity index (χ1v) is 9.45. The summed E-state index contributed by atoms with van der Waals surface area (Å²) in [6.07, 6.45) is -0.129. The molecule has 1 N–H and O–H groups in total. The maximum Gasteiger partial charge on any atom is 0.267 e. The molecule has 1 heterocycles. The number of rotatable bonds is 6. The standard InChI is InChI=1S/C18H15Cl2N3O2S/c1-2-15(25-14-9-7-13(20)8-10-14)16(24)21-18-23-22-17(26-18)11-3-5-12(19)6-4-11/h3-10,15H,2H2,1H3,(H,21,23,24)/t15-/m0/s1. The number of nitrogens with zero attached hydrogens (tertiary/aromatic N) is 2. The number of carbonyl (C=O) groups is 1. The van der Waals surface area contributed by atoms with Crippen LogP contribution >= 0.6 is 34.5 Å². The minimum absolute atomic E-state index is 0.277. The van der Waals surface area contributed by atoms with Gasteiger partial charge in [0.05, 0.1) is 0 Å². The fourth-order valence-electron chi connectivity index (χ4n) is 2.17. The third kappa shape index (κ3) is 4.72. The van der Waals surface area contributed by atoms with Gasteiger partial charge in [-0.25, -0.2) is 0 Å². The van der Waals surface area contributed by atoms with E-state index < -0.39 is 6.10 Å². The van der Waals surface area contributed by atoms with Gasteiger partial charge < -0.3 is 4.74 Å². The zero-order chi connectivity index (χ0) is 18.5. The molecule has 3 rings (SSSR count). The van der Waals surface area contributed by atoms with Crippen molar-refractivity contribution < 1.29 is 9.53 Å². The Kier molecular flexibility index (Phi) is 6.08. The van der Waals surface area contributed by atoms with E-state index in [9.17, 15) is 4.79 Å². The van der Waals surface area contributed by atoms with Crippen LogP contribution in [0.2, 0.25) is 10.0 Å². The Morgan fingerprint density at radius 1 is 1.08 bits per heavy atom. The lowest BCUT2D eigenvalue weighted by molar-refractivity contribution is -0.122. The van der Waals surface area contributed by atoms with Crippen LogP contribution in [0.4, 0.5) is 5.13 Å². The molecule has 0 radical (unpaired) electrons. The van der Waals surface area contributed by atoms with Crippen LogP contribution in [-0.4, -0.2) is 22.2 Å². The molecule has 0 saturated heterocycles. The molecule has 0 saturated carbocycles. The molecule has 5 nitrogen and oxygen atoms in total. The minimum Gasteiger partial charge on any atom is -0.481 e. The highest BCUT2D eigenvalue weighted by molar-refractivity contribution is 7.18. The summed E-state index contributed by atoms with van der Waals surface area (Å²) < 4.78 is 5.73. The average Bonchev–Trinajstić information content (AvgIpc) is 3.10. The lowest BCUT2D eigenvalue weighted by Crippen LogP contribution is -2.32. The van der Waals surface area contributed by atoms with Crippen molar-refractivity contribution in [3.05, 3.63) is 58.6 Å². The van der Waals surface area contributed by atoms with Crippen molar-refractivity contribution in [1.82, 2.24) is 10.2 Å². The van der Waals surface area contributed by atoms with Crippen LogP contribution in [0.15, 0.2) is 48.5 Å². The first-order chi connectivity index (χ1) is 12.5. The van der Waals surface area contributed by atoms with E-state index in [1.165, 1.54) is 11.3 Å². The smallest absolute Gasteiger partial charge is 0.267 e. The zero-order valence-electron chi connectivity index (χ0n) is 13.8. The van der Waals surface area contributed by atoms with Gasteiger partial charge in [0, 0.05) is 15.6 Å². The number of anilines is 1. The number of hydrogen-bond donors (Lipinski definition) is 1. The number of benzene rings is 2. The van der Waals surface area contributed by atoms with Crippen molar-refractivity contribution in [1.29, 1.82) is 0 Å². The fraction of sp³-hybridized carbons (Fsp3) is 0.167. The van der Waals surface area contributed by atoms with E-state index >= 15 is 0 Å². The van der Waals surface area contributed by atoms with Crippen molar-refractivity contribution >= 4 is 45.6 Å². The van der Waals surface area contributed by atoms with Gasteiger partial charge in [0.2, 0.25) is 5.13 Å². The van der Waals surface area contributed by atoms with E-state index in [1.807, 2.05) is 19.1 Å². The van der Waals surface area contributed by atoms with Crippen molar-refractivity contribution in [2.45, 2.75) is 19.4 Å². The Labute approximate surface area is 164 Å². The quantitative estimate of drug-likeness (QED) is 0.601. The molecule has 26 heavy (non-hydrogen) atoms. The summed E-state index contributed by atoms with van der Waals surface area (Å²) in [6, 6.07) is 14.1. The first kappa shape index (κ1) is 18.6. The van der Waals surface area contributed by atoms with Gasteiger partial charge in [-0.1, -0.05) is 53.6 Å². The van der Waals surface area contributed by atoms with E-state index in [-0.39, 0.29) is 5.91 Å². The second-order valence-corrected chi connectivity index (χ2v) is 7.23. The van der Waals surface area contributed by atoms with Crippen molar-refractivity contribution in [3.63, 3.8) is 0 Å². The molecule has 0 aliphatic rings. The SMILES string of the molecule is CC[C@H](Oc1ccc(Cl)cc1)C(=O)Nc1nnc(-c2ccc(Cl)cc2)s1. The highest BCUT2D eigenvalue weighted by Crippen LogP contribution is 2.27. The molecule has 0 fully saturated rings. The van der Waals surface area contributed by atoms with E-state index in [0.717, 1.165) is 5.56 Å². The van der Waals surface area contributed by atoms with Gasteiger partial charge in [-0.05, 0) is 42.8 Å². The number of nitrogens with one attached hydrogen (secondary N) is 1. The number of carbonyl (C=O) groups excluding carboxylic acids is 1. The third-order valence-electron chi connectivity index (χ3n) is 3.50. The topological polar surface area (TPSA) is 64.1 Å². The Morgan fingerprint density at radius 3 is 2.31 bits per heavy atom. The molecule has 0 aliphatic heterocycles. The molecule has 3 aromatic rings. The van der Waals surface area contributed by atoms with Gasteiger partial charge in [0.25, 0.3) is 5.91 Å². The first-order valence-electron chi connectivity index (χ1n) is 7.87. The van der Waals surface area contributed by atoms with Gasteiger partial charge in [-0.2, -0.15) is 0 Å². The maximum absolute atomic E-state index is 12.5. The van der Waals surface area contributed by atoms with Crippen LogP contribution in [0.1, 0.15) is 13.3 Å². The van der Waals surface area contributed by atoms with Crippen molar-refractivity contribution in [2.75, 3.05) is 5.32 Å². The fourth-order valence-corrected chi connectivity index (χ4v) is 3.17. The summed E-state index contributed by atoms with van der Waals surface area (Å²) in [5.41, 5.74) is 0.886. The van der Waals surface area contributed by atoms with Crippen LogP contribution < -0.4 is 10.1 Å². The molecule has 134 valence electrons. The molecule has 2 aromatic carbocycles. The van der Waals surface area contributed by atoms with Gasteiger partial charge in [0.1, 0.15) is 10.8 Å². The second-order valence-electron chi connectivity index (χ2n) is 5.38. The lowest BCUT2D eigenvalue weighted by atomic mass is 10.2. The number of halogens is 2. The van der Waals surface area contributed by atoms with E-state index in [1.54, 1.807) is 36.4 Å². The van der Waals surface area contributed by atoms with Gasteiger partial charge in [-0.15, -0.1) is 10.2 Å². The largest absolute Gasteiger partial charge is 0.481 e.